The lowest BCUT2D eigenvalue weighted by Gasteiger charge is -2.35. The molecule has 1 N–H and O–H groups in total. The second-order valence-electron chi connectivity index (χ2n) is 5.40. The summed E-state index contributed by atoms with van der Waals surface area (Å²) < 4.78 is 19.9. The zero-order valence-electron chi connectivity index (χ0n) is 12.2. The molecule has 2 aromatic carbocycles. The van der Waals surface area contributed by atoms with E-state index in [-0.39, 0.29) is 23.5 Å². The van der Waals surface area contributed by atoms with Crippen LogP contribution in [0, 0.1) is 18.7 Å². The molecular formula is C17H18Cl2FNO. The van der Waals surface area contributed by atoms with Crippen molar-refractivity contribution in [3.8, 4) is 5.75 Å². The summed E-state index contributed by atoms with van der Waals surface area (Å²) in [6.07, 6.45) is -0.167. The molecule has 118 valence electrons. The fourth-order valence-electron chi connectivity index (χ4n) is 2.48. The Bertz CT molecular complexity index is 646. The quantitative estimate of drug-likeness (QED) is 0.880. The standard InChI is InChI=1S/C17H17ClFNO.ClH/c1-11-4-2-3-5-16(11)21-17(13-9-20-10-13)12-6-7-14(18)15(19)8-12;/h2-8,13,17,20H,9-10H2,1H3;1H/t17-;/m0./s1. The number of halogens is 3. The van der Waals surface area contributed by atoms with E-state index in [1.807, 2.05) is 37.3 Å². The van der Waals surface area contributed by atoms with Crippen molar-refractivity contribution in [2.45, 2.75) is 13.0 Å². The minimum absolute atomic E-state index is 0. The van der Waals surface area contributed by atoms with E-state index in [4.69, 9.17) is 16.3 Å². The largest absolute Gasteiger partial charge is 0.485 e. The number of para-hydroxylation sites is 1. The molecule has 22 heavy (non-hydrogen) atoms. The maximum atomic E-state index is 13.7. The molecular weight excluding hydrogens is 324 g/mol. The molecule has 0 saturated carbocycles. The molecule has 0 radical (unpaired) electrons. The van der Waals surface area contributed by atoms with E-state index in [0.717, 1.165) is 30.0 Å². The number of benzene rings is 2. The average molecular weight is 342 g/mol. The average Bonchev–Trinajstić information content (AvgIpc) is 2.41. The first-order valence-electron chi connectivity index (χ1n) is 7.03. The number of hydrogen-bond acceptors (Lipinski definition) is 2. The van der Waals surface area contributed by atoms with Crippen molar-refractivity contribution in [3.05, 3.63) is 64.4 Å². The number of hydrogen-bond donors (Lipinski definition) is 1. The van der Waals surface area contributed by atoms with Crippen LogP contribution in [0.15, 0.2) is 42.5 Å². The molecule has 0 aliphatic carbocycles. The maximum Gasteiger partial charge on any atom is 0.142 e. The van der Waals surface area contributed by atoms with Crippen LogP contribution in [0.2, 0.25) is 5.02 Å². The smallest absolute Gasteiger partial charge is 0.142 e. The van der Waals surface area contributed by atoms with Crippen molar-refractivity contribution in [2.75, 3.05) is 13.1 Å². The van der Waals surface area contributed by atoms with Crippen molar-refractivity contribution in [3.63, 3.8) is 0 Å². The third-order valence-electron chi connectivity index (χ3n) is 3.86. The van der Waals surface area contributed by atoms with Crippen LogP contribution in [0.4, 0.5) is 4.39 Å². The van der Waals surface area contributed by atoms with Gasteiger partial charge in [0.1, 0.15) is 17.7 Å². The van der Waals surface area contributed by atoms with Gasteiger partial charge in [-0.3, -0.25) is 0 Å². The molecule has 0 spiro atoms. The van der Waals surface area contributed by atoms with E-state index >= 15 is 0 Å². The Labute approximate surface area is 141 Å². The molecule has 0 aromatic heterocycles. The Morgan fingerprint density at radius 2 is 1.95 bits per heavy atom. The molecule has 1 saturated heterocycles. The highest BCUT2D eigenvalue weighted by Crippen LogP contribution is 2.33. The normalized spacial score (nSPS) is 15.6. The fraction of sp³-hybridized carbons (Fsp3) is 0.294. The second-order valence-corrected chi connectivity index (χ2v) is 5.80. The minimum Gasteiger partial charge on any atom is -0.485 e. The molecule has 2 nitrogen and oxygen atoms in total. The summed E-state index contributed by atoms with van der Waals surface area (Å²) in [6.45, 7) is 3.76. The van der Waals surface area contributed by atoms with Crippen molar-refractivity contribution >= 4 is 24.0 Å². The molecule has 0 bridgehead atoms. The first-order chi connectivity index (χ1) is 10.1. The monoisotopic (exact) mass is 341 g/mol. The first-order valence-corrected chi connectivity index (χ1v) is 7.41. The highest BCUT2D eigenvalue weighted by Gasteiger charge is 2.30. The Morgan fingerprint density at radius 1 is 1.23 bits per heavy atom. The first kappa shape index (κ1) is 17.1. The number of nitrogens with one attached hydrogen (secondary N) is 1. The summed E-state index contributed by atoms with van der Waals surface area (Å²) in [5.41, 5.74) is 1.90. The Balaban J connectivity index is 0.00000176. The summed E-state index contributed by atoms with van der Waals surface area (Å²) >= 11 is 5.77. The van der Waals surface area contributed by atoms with Crippen molar-refractivity contribution in [2.24, 2.45) is 5.92 Å². The van der Waals surface area contributed by atoms with Gasteiger partial charge in [-0.2, -0.15) is 0 Å². The van der Waals surface area contributed by atoms with E-state index < -0.39 is 5.82 Å². The van der Waals surface area contributed by atoms with Crippen LogP contribution in [0.5, 0.6) is 5.75 Å². The zero-order chi connectivity index (χ0) is 14.8. The highest BCUT2D eigenvalue weighted by molar-refractivity contribution is 6.30. The van der Waals surface area contributed by atoms with Gasteiger partial charge in [0.05, 0.1) is 5.02 Å². The molecule has 1 aliphatic rings. The maximum absolute atomic E-state index is 13.7. The predicted molar refractivity (Wildman–Crippen MR) is 89.6 cm³/mol. The molecule has 1 aliphatic heterocycles. The summed E-state index contributed by atoms with van der Waals surface area (Å²) in [7, 11) is 0. The van der Waals surface area contributed by atoms with Crippen LogP contribution in [-0.4, -0.2) is 13.1 Å². The number of rotatable bonds is 4. The van der Waals surface area contributed by atoms with Crippen molar-refractivity contribution in [1.82, 2.24) is 5.32 Å². The molecule has 0 unspecified atom stereocenters. The molecule has 1 heterocycles. The third-order valence-corrected chi connectivity index (χ3v) is 4.17. The van der Waals surface area contributed by atoms with Gasteiger partial charge in [-0.25, -0.2) is 4.39 Å². The lowest BCUT2D eigenvalue weighted by atomic mass is 9.90. The lowest BCUT2D eigenvalue weighted by Crippen LogP contribution is -2.46. The molecule has 1 atom stereocenters. The van der Waals surface area contributed by atoms with Crippen molar-refractivity contribution in [1.29, 1.82) is 0 Å². The molecule has 0 amide bonds. The zero-order valence-corrected chi connectivity index (χ0v) is 13.8. The van der Waals surface area contributed by atoms with Gasteiger partial charge in [-0.15, -0.1) is 12.4 Å². The topological polar surface area (TPSA) is 21.3 Å². The second kappa shape index (κ2) is 7.32. The Hall–Kier alpha value is -1.29. The SMILES string of the molecule is Cc1ccccc1O[C@@H](c1ccc(Cl)c(F)c1)C1CNC1.Cl. The van der Waals surface area contributed by atoms with Gasteiger partial charge in [0.25, 0.3) is 0 Å². The van der Waals surface area contributed by atoms with E-state index in [1.165, 1.54) is 6.07 Å². The van der Waals surface area contributed by atoms with Gasteiger partial charge in [0.15, 0.2) is 0 Å². The van der Waals surface area contributed by atoms with Crippen LogP contribution in [-0.2, 0) is 0 Å². The summed E-state index contributed by atoms with van der Waals surface area (Å²) in [6, 6.07) is 12.8. The Kier molecular flexibility index (Phi) is 5.68. The third kappa shape index (κ3) is 3.54. The van der Waals surface area contributed by atoms with Gasteiger partial charge >= 0.3 is 0 Å². The summed E-state index contributed by atoms with van der Waals surface area (Å²) in [4.78, 5) is 0. The van der Waals surface area contributed by atoms with E-state index in [9.17, 15) is 4.39 Å². The van der Waals surface area contributed by atoms with Gasteiger partial charge in [0, 0.05) is 19.0 Å². The minimum atomic E-state index is -0.403. The van der Waals surface area contributed by atoms with Gasteiger partial charge in [0.2, 0.25) is 0 Å². The predicted octanol–water partition coefficient (Wildman–Crippen LogP) is 4.55. The van der Waals surface area contributed by atoms with Gasteiger partial charge in [-0.1, -0.05) is 35.9 Å². The highest BCUT2D eigenvalue weighted by atomic mass is 35.5. The fourth-order valence-corrected chi connectivity index (χ4v) is 2.59. The van der Waals surface area contributed by atoms with Gasteiger partial charge < -0.3 is 10.1 Å². The lowest BCUT2D eigenvalue weighted by molar-refractivity contribution is 0.0983. The summed E-state index contributed by atoms with van der Waals surface area (Å²) in [5, 5.41) is 3.38. The van der Waals surface area contributed by atoms with Gasteiger partial charge in [-0.05, 0) is 36.2 Å². The van der Waals surface area contributed by atoms with Crippen LogP contribution in [0.3, 0.4) is 0 Å². The molecule has 3 rings (SSSR count). The molecule has 1 fully saturated rings. The summed E-state index contributed by atoms with van der Waals surface area (Å²) in [5.74, 6) is 0.773. The molecule has 5 heteroatoms. The Morgan fingerprint density at radius 3 is 2.55 bits per heavy atom. The van der Waals surface area contributed by atoms with Crippen LogP contribution in [0.1, 0.15) is 17.2 Å². The van der Waals surface area contributed by atoms with Crippen LogP contribution in [0.25, 0.3) is 0 Å². The number of aryl methyl sites for hydroxylation is 1. The van der Waals surface area contributed by atoms with E-state index in [2.05, 4.69) is 5.32 Å². The van der Waals surface area contributed by atoms with E-state index in [0.29, 0.717) is 5.92 Å². The van der Waals surface area contributed by atoms with Crippen LogP contribution < -0.4 is 10.1 Å². The van der Waals surface area contributed by atoms with Crippen LogP contribution >= 0.6 is 24.0 Å². The molecule has 2 aromatic rings. The van der Waals surface area contributed by atoms with E-state index in [1.54, 1.807) is 6.07 Å². The van der Waals surface area contributed by atoms with Crippen molar-refractivity contribution < 1.29 is 9.13 Å². The number of ether oxygens (including phenoxy) is 1.